The Bertz CT molecular complexity index is 1730. The Kier molecular flexibility index (Phi) is 10.6. The maximum absolute atomic E-state index is 13.6. The van der Waals surface area contributed by atoms with Gasteiger partial charge in [-0.2, -0.15) is 4.98 Å². The molecule has 3 aliphatic heterocycles. The molecule has 0 bridgehead atoms. The molecular formula is C36H48N8O7. The zero-order valence-electron chi connectivity index (χ0n) is 30.0. The van der Waals surface area contributed by atoms with E-state index in [4.69, 9.17) is 18.9 Å². The summed E-state index contributed by atoms with van der Waals surface area (Å²) in [4.78, 5) is 57.5. The number of aliphatic hydroxyl groups excluding tert-OH is 1. The molecule has 1 aromatic carbocycles. The van der Waals surface area contributed by atoms with E-state index in [0.717, 1.165) is 49.2 Å². The Morgan fingerprint density at radius 1 is 1.08 bits per heavy atom. The number of anilines is 2. The lowest BCUT2D eigenvalue weighted by atomic mass is 9.91. The van der Waals surface area contributed by atoms with Crippen LogP contribution in [0.25, 0.3) is 0 Å². The van der Waals surface area contributed by atoms with E-state index >= 15 is 0 Å². The minimum Gasteiger partial charge on any atom is -0.486 e. The van der Waals surface area contributed by atoms with Gasteiger partial charge >= 0.3 is 6.09 Å². The van der Waals surface area contributed by atoms with Crippen LogP contribution >= 0.6 is 0 Å². The molecule has 0 radical (unpaired) electrons. The first-order valence-electron chi connectivity index (χ1n) is 17.6. The zero-order valence-corrected chi connectivity index (χ0v) is 30.0. The average Bonchev–Trinajstić information content (AvgIpc) is 3.50. The van der Waals surface area contributed by atoms with Gasteiger partial charge in [0.1, 0.15) is 29.5 Å². The highest BCUT2D eigenvalue weighted by Crippen LogP contribution is 2.30. The predicted octanol–water partition coefficient (Wildman–Crippen LogP) is 3.44. The number of hydrogen-bond acceptors (Lipinski definition) is 12. The summed E-state index contributed by atoms with van der Waals surface area (Å²) in [6.07, 6.45) is 3.20. The third-order valence-corrected chi connectivity index (χ3v) is 9.37. The van der Waals surface area contributed by atoms with Gasteiger partial charge in [0.2, 0.25) is 11.9 Å². The molecule has 51 heavy (non-hydrogen) atoms. The molecule has 15 heteroatoms. The van der Waals surface area contributed by atoms with E-state index in [0.29, 0.717) is 42.8 Å². The van der Waals surface area contributed by atoms with E-state index in [1.54, 1.807) is 38.7 Å². The molecule has 6 rings (SSSR count). The van der Waals surface area contributed by atoms with Crippen LogP contribution in [0.4, 0.5) is 16.6 Å². The van der Waals surface area contributed by atoms with Crippen molar-refractivity contribution in [2.75, 3.05) is 42.9 Å². The van der Waals surface area contributed by atoms with Crippen molar-refractivity contribution in [2.45, 2.75) is 97.2 Å². The minimum atomic E-state index is -1.12. The summed E-state index contributed by atoms with van der Waals surface area (Å²) in [6.45, 7) is 11.7. The van der Waals surface area contributed by atoms with Gasteiger partial charge < -0.3 is 39.4 Å². The van der Waals surface area contributed by atoms with Crippen molar-refractivity contribution in [3.05, 3.63) is 58.9 Å². The summed E-state index contributed by atoms with van der Waals surface area (Å²) < 4.78 is 17.1. The van der Waals surface area contributed by atoms with E-state index in [-0.39, 0.29) is 37.3 Å². The first-order valence-corrected chi connectivity index (χ1v) is 17.6. The molecule has 0 aliphatic carbocycles. The van der Waals surface area contributed by atoms with Gasteiger partial charge in [-0.05, 0) is 76.6 Å². The number of piperidine rings is 1. The van der Waals surface area contributed by atoms with Crippen LogP contribution in [0.5, 0.6) is 5.75 Å². The number of oxazole rings is 1. The Hall–Kier alpha value is -4.92. The maximum Gasteiger partial charge on any atom is 0.410 e. The van der Waals surface area contributed by atoms with Gasteiger partial charge in [-0.15, -0.1) is 0 Å². The van der Waals surface area contributed by atoms with E-state index in [9.17, 15) is 19.5 Å². The molecule has 3 N–H and O–H groups in total. The molecule has 3 amide bonds. The Balaban J connectivity index is 1.16. The number of ether oxygens (including phenoxy) is 2. The molecule has 274 valence electrons. The highest BCUT2D eigenvalue weighted by atomic mass is 16.6. The number of aromatic nitrogens is 3. The second-order valence-corrected chi connectivity index (χ2v) is 14.5. The molecule has 3 aliphatic rings. The molecule has 2 atom stereocenters. The fourth-order valence-electron chi connectivity index (χ4n) is 6.47. The summed E-state index contributed by atoms with van der Waals surface area (Å²) in [5.74, 6) is 1.75. The van der Waals surface area contributed by atoms with E-state index in [1.807, 2.05) is 25.1 Å². The number of benzene rings is 1. The van der Waals surface area contributed by atoms with Crippen LogP contribution in [0.2, 0.25) is 0 Å². The van der Waals surface area contributed by atoms with Crippen molar-refractivity contribution in [1.82, 2.24) is 30.1 Å². The lowest BCUT2D eigenvalue weighted by Crippen LogP contribution is -2.56. The lowest BCUT2D eigenvalue weighted by molar-refractivity contribution is -0.132. The number of fused-ring (bicyclic) bond motifs is 1. The van der Waals surface area contributed by atoms with Crippen LogP contribution < -0.4 is 20.3 Å². The fourth-order valence-corrected chi connectivity index (χ4v) is 6.47. The summed E-state index contributed by atoms with van der Waals surface area (Å²) in [6, 6.07) is 6.59. The molecule has 2 aromatic heterocycles. The number of amides is 3. The Morgan fingerprint density at radius 3 is 2.53 bits per heavy atom. The van der Waals surface area contributed by atoms with E-state index in [1.165, 1.54) is 11.3 Å². The third-order valence-electron chi connectivity index (χ3n) is 9.37. The molecule has 0 spiro atoms. The van der Waals surface area contributed by atoms with Crippen molar-refractivity contribution in [1.29, 1.82) is 0 Å². The van der Waals surface area contributed by atoms with Crippen LogP contribution in [0, 0.1) is 6.92 Å². The minimum absolute atomic E-state index is 0.0166. The van der Waals surface area contributed by atoms with Gasteiger partial charge in [-0.3, -0.25) is 14.5 Å². The van der Waals surface area contributed by atoms with Crippen molar-refractivity contribution in [3.63, 3.8) is 0 Å². The van der Waals surface area contributed by atoms with Gasteiger partial charge in [-0.25, -0.2) is 14.8 Å². The van der Waals surface area contributed by atoms with E-state index < -0.39 is 29.7 Å². The van der Waals surface area contributed by atoms with Crippen molar-refractivity contribution in [2.24, 2.45) is 0 Å². The third kappa shape index (κ3) is 8.88. The number of nitrogens with zero attached hydrogens (tertiary/aromatic N) is 6. The highest BCUT2D eigenvalue weighted by Gasteiger charge is 2.37. The first-order chi connectivity index (χ1) is 24.3. The summed E-state index contributed by atoms with van der Waals surface area (Å²) >= 11 is 0. The number of carbonyl (C=O) groups is 3. The molecule has 2 fully saturated rings. The molecule has 3 aromatic rings. The number of rotatable bonds is 10. The summed E-state index contributed by atoms with van der Waals surface area (Å²) in [7, 11) is 0. The van der Waals surface area contributed by atoms with Gasteiger partial charge in [0.15, 0.2) is 12.2 Å². The van der Waals surface area contributed by atoms with Gasteiger partial charge in [-0.1, -0.05) is 6.07 Å². The standard InChI is InChI=1S/C36H48N8O7/c1-22-31(50-21-38-22)20-49-27-10-9-24-14-29(44(17-25(24)13-27)35(48)51-36(3,4)5)30(46)16-37-33(47)28-15-32(39-26-18-43(19-26)23(2)45)41-34(40-28)42-11-7-6-8-12-42/h9-10,13,15,21,26,29-30,46H,6-8,11-12,14,16-20H2,1-5H3,(H,37,47)(H,39,40,41)/t29-,30+/m0/s1. The predicted molar refractivity (Wildman–Crippen MR) is 187 cm³/mol. The number of aliphatic hydroxyl groups is 1. The monoisotopic (exact) mass is 704 g/mol. The molecule has 5 heterocycles. The van der Waals surface area contributed by atoms with Gasteiger partial charge in [0.05, 0.1) is 23.9 Å². The Morgan fingerprint density at radius 2 is 1.84 bits per heavy atom. The second-order valence-electron chi connectivity index (χ2n) is 14.5. The second kappa shape index (κ2) is 15.1. The molecule has 2 saturated heterocycles. The Labute approximate surface area is 297 Å². The SMILES string of the molecule is CC(=O)N1CC(Nc2cc(C(=O)NC[C@@H](O)[C@@H]3Cc4ccc(OCc5ocnc5C)cc4CN3C(=O)OC(C)(C)C)nc(N3CCCCC3)n2)C1. The normalized spacial score (nSPS) is 18.4. The van der Waals surface area contributed by atoms with Crippen molar-refractivity contribution in [3.8, 4) is 5.75 Å². The molecular weight excluding hydrogens is 656 g/mol. The molecule has 0 saturated carbocycles. The summed E-state index contributed by atoms with van der Waals surface area (Å²) in [5, 5.41) is 17.7. The van der Waals surface area contributed by atoms with Crippen LogP contribution in [0.1, 0.15) is 80.0 Å². The molecule has 0 unspecified atom stereocenters. The highest BCUT2D eigenvalue weighted by molar-refractivity contribution is 5.93. The van der Waals surface area contributed by atoms with E-state index in [2.05, 4.69) is 25.5 Å². The maximum atomic E-state index is 13.6. The average molecular weight is 705 g/mol. The number of hydrogen-bond donors (Lipinski definition) is 3. The lowest BCUT2D eigenvalue weighted by Gasteiger charge is -2.40. The van der Waals surface area contributed by atoms with Crippen LogP contribution in [0.3, 0.4) is 0 Å². The number of aryl methyl sites for hydroxylation is 1. The van der Waals surface area contributed by atoms with Gasteiger partial charge in [0.25, 0.3) is 5.91 Å². The largest absolute Gasteiger partial charge is 0.486 e. The van der Waals surface area contributed by atoms with Crippen molar-refractivity contribution < 1.29 is 33.4 Å². The van der Waals surface area contributed by atoms with Crippen LogP contribution in [-0.4, -0.2) is 104 Å². The fraction of sp³-hybridized carbons (Fsp3) is 0.556. The topological polar surface area (TPSA) is 175 Å². The van der Waals surface area contributed by atoms with Gasteiger partial charge in [0, 0.05) is 52.3 Å². The summed E-state index contributed by atoms with van der Waals surface area (Å²) in [5.41, 5.74) is 1.97. The smallest absolute Gasteiger partial charge is 0.410 e. The number of carbonyl (C=O) groups excluding carboxylic acids is 3. The zero-order chi connectivity index (χ0) is 36.3. The van der Waals surface area contributed by atoms with Crippen molar-refractivity contribution >= 4 is 29.7 Å². The quantitative estimate of drug-likeness (QED) is 0.281. The number of likely N-dealkylation sites (tertiary alicyclic amines) is 1. The first kappa shape index (κ1) is 35.9. The molecule has 15 nitrogen and oxygen atoms in total. The van der Waals surface area contributed by atoms with Crippen LogP contribution in [-0.2, 0) is 29.1 Å². The number of nitrogens with one attached hydrogen (secondary N) is 2. The van der Waals surface area contributed by atoms with Crippen LogP contribution in [0.15, 0.2) is 35.1 Å².